The smallest absolute Gasteiger partial charge is 0.269 e. The molecule has 0 aliphatic carbocycles. The number of nitrogens with zero attached hydrogens (tertiary/aromatic N) is 3. The highest BCUT2D eigenvalue weighted by Crippen LogP contribution is 2.43. The predicted molar refractivity (Wildman–Crippen MR) is 130 cm³/mol. The van der Waals surface area contributed by atoms with Crippen LogP contribution >= 0.6 is 0 Å². The van der Waals surface area contributed by atoms with Crippen molar-refractivity contribution in [2.75, 3.05) is 18.9 Å². The van der Waals surface area contributed by atoms with Gasteiger partial charge >= 0.3 is 0 Å². The van der Waals surface area contributed by atoms with Gasteiger partial charge in [-0.15, -0.1) is 0 Å². The zero-order chi connectivity index (χ0) is 24.3. The Labute approximate surface area is 199 Å². The van der Waals surface area contributed by atoms with Crippen molar-refractivity contribution in [3.8, 4) is 22.4 Å². The Hall–Kier alpha value is -3.14. The molecule has 3 aromatic rings. The molecular formula is C25H28N4O4S. The first-order chi connectivity index (χ1) is 16.4. The van der Waals surface area contributed by atoms with E-state index in [-0.39, 0.29) is 36.9 Å². The number of benzene rings is 1. The van der Waals surface area contributed by atoms with Gasteiger partial charge in [-0.05, 0) is 61.2 Å². The van der Waals surface area contributed by atoms with Crippen LogP contribution in [0.2, 0.25) is 0 Å². The Morgan fingerprint density at radius 1 is 1.12 bits per heavy atom. The Bertz CT molecular complexity index is 1300. The molecule has 1 amide bonds. The lowest BCUT2D eigenvalue weighted by Gasteiger charge is -2.24. The van der Waals surface area contributed by atoms with Crippen molar-refractivity contribution in [1.82, 2.24) is 19.6 Å². The highest BCUT2D eigenvalue weighted by molar-refractivity contribution is 7.89. The van der Waals surface area contributed by atoms with Crippen LogP contribution in [0.1, 0.15) is 47.9 Å². The van der Waals surface area contributed by atoms with E-state index in [0.717, 1.165) is 27.8 Å². The Kier molecular flexibility index (Phi) is 7.06. The van der Waals surface area contributed by atoms with Gasteiger partial charge in [-0.3, -0.25) is 9.78 Å². The van der Waals surface area contributed by atoms with Crippen LogP contribution in [-0.2, 0) is 16.6 Å². The lowest BCUT2D eigenvalue weighted by Crippen LogP contribution is -2.31. The van der Waals surface area contributed by atoms with Crippen LogP contribution in [-0.4, -0.2) is 52.6 Å². The molecular weight excluding hydrogens is 452 g/mol. The number of fused-ring (bicyclic) bond motifs is 1. The first-order valence-electron chi connectivity index (χ1n) is 11.3. The zero-order valence-corrected chi connectivity index (χ0v) is 20.0. The summed E-state index contributed by atoms with van der Waals surface area (Å²) in [6, 6.07) is 12.7. The molecule has 3 heterocycles. The summed E-state index contributed by atoms with van der Waals surface area (Å²) in [7, 11) is -3.54. The van der Waals surface area contributed by atoms with Gasteiger partial charge < -0.3 is 10.4 Å². The van der Waals surface area contributed by atoms with Crippen molar-refractivity contribution in [2.45, 2.75) is 32.9 Å². The second-order valence-corrected chi connectivity index (χ2v) is 10.3. The van der Waals surface area contributed by atoms with E-state index in [2.05, 4.69) is 10.3 Å². The number of carbonyl (C=O) groups is 1. The molecule has 2 aromatic heterocycles. The molecule has 1 aliphatic heterocycles. The minimum Gasteiger partial charge on any atom is -0.396 e. The number of aromatic nitrogens is 2. The number of nitrogens with one attached hydrogen (secondary N) is 1. The van der Waals surface area contributed by atoms with Gasteiger partial charge in [0, 0.05) is 43.2 Å². The summed E-state index contributed by atoms with van der Waals surface area (Å²) in [6.07, 6.45) is 3.68. The Balaban J connectivity index is 1.92. The highest BCUT2D eigenvalue weighted by Gasteiger charge is 2.39. The zero-order valence-electron chi connectivity index (χ0n) is 19.2. The number of carbonyl (C=O) groups excluding carboxylic acids is 1. The fourth-order valence-electron chi connectivity index (χ4n) is 4.38. The van der Waals surface area contributed by atoms with E-state index in [4.69, 9.17) is 4.98 Å². The average molecular weight is 481 g/mol. The highest BCUT2D eigenvalue weighted by atomic mass is 32.2. The van der Waals surface area contributed by atoms with E-state index < -0.39 is 16.1 Å². The molecule has 0 unspecified atom stereocenters. The molecule has 0 fully saturated rings. The van der Waals surface area contributed by atoms with Crippen LogP contribution in [0.3, 0.4) is 0 Å². The van der Waals surface area contributed by atoms with Gasteiger partial charge in [0.25, 0.3) is 5.91 Å². The molecule has 9 heteroatoms. The number of rotatable bonds is 8. The maximum absolute atomic E-state index is 12.9. The van der Waals surface area contributed by atoms with Gasteiger partial charge in [0.15, 0.2) is 0 Å². The topological polar surface area (TPSA) is 112 Å². The second kappa shape index (κ2) is 10.0. The van der Waals surface area contributed by atoms with Crippen molar-refractivity contribution in [3.05, 3.63) is 71.7 Å². The molecule has 0 radical (unpaired) electrons. The third-order valence-electron chi connectivity index (χ3n) is 6.00. The van der Waals surface area contributed by atoms with E-state index in [1.165, 1.54) is 4.31 Å². The van der Waals surface area contributed by atoms with Crippen molar-refractivity contribution >= 4 is 15.9 Å². The van der Waals surface area contributed by atoms with Crippen molar-refractivity contribution in [2.24, 2.45) is 0 Å². The quantitative estimate of drug-likeness (QED) is 0.512. The fraction of sp³-hybridized carbons (Fsp3) is 0.320. The minimum absolute atomic E-state index is 0.0492. The molecule has 1 aliphatic rings. The normalized spacial score (nSPS) is 15.8. The molecule has 4 rings (SSSR count). The molecule has 34 heavy (non-hydrogen) atoms. The van der Waals surface area contributed by atoms with Crippen molar-refractivity contribution < 1.29 is 18.3 Å². The van der Waals surface area contributed by atoms with Crippen LogP contribution in [0, 0.1) is 0 Å². The average Bonchev–Trinajstić information content (AvgIpc) is 3.24. The summed E-state index contributed by atoms with van der Waals surface area (Å²) in [5, 5.41) is 12.5. The SMILES string of the molecule is CCNC(=O)c1cc2c(c(-c3cccc(-c4ccncc4)c3)n1)[C@@H](CCO)N(S(=O)(=O)CC)C2. The first kappa shape index (κ1) is 24.0. The van der Waals surface area contributed by atoms with Crippen molar-refractivity contribution in [3.63, 3.8) is 0 Å². The summed E-state index contributed by atoms with van der Waals surface area (Å²) < 4.78 is 27.2. The first-order valence-corrected chi connectivity index (χ1v) is 12.9. The lowest BCUT2D eigenvalue weighted by atomic mass is 9.94. The van der Waals surface area contributed by atoms with E-state index in [0.29, 0.717) is 12.2 Å². The van der Waals surface area contributed by atoms with E-state index in [1.54, 1.807) is 25.4 Å². The van der Waals surface area contributed by atoms with Crippen LogP contribution in [0.25, 0.3) is 22.4 Å². The molecule has 178 valence electrons. The molecule has 0 spiro atoms. The standard InChI is InChI=1S/C25H28N4O4S/c1-3-27-25(31)21-15-20-16-29(34(32,33)4-2)22(10-13-30)23(20)24(28-21)19-7-5-6-18(14-19)17-8-11-26-12-9-17/h5-9,11-12,14-15,22,30H,3-4,10,13,16H2,1-2H3,(H,27,31)/t22-/m1/s1. The Morgan fingerprint density at radius 2 is 1.85 bits per heavy atom. The van der Waals surface area contributed by atoms with Gasteiger partial charge in [0.2, 0.25) is 10.0 Å². The van der Waals surface area contributed by atoms with E-state index >= 15 is 0 Å². The van der Waals surface area contributed by atoms with Crippen molar-refractivity contribution in [1.29, 1.82) is 0 Å². The Morgan fingerprint density at radius 3 is 2.53 bits per heavy atom. The fourth-order valence-corrected chi connectivity index (χ4v) is 5.65. The predicted octanol–water partition coefficient (Wildman–Crippen LogP) is 3.15. The number of pyridine rings is 2. The minimum atomic E-state index is -3.54. The number of hydrogen-bond acceptors (Lipinski definition) is 6. The van der Waals surface area contributed by atoms with Gasteiger partial charge in [-0.25, -0.2) is 13.4 Å². The van der Waals surface area contributed by atoms with E-state index in [9.17, 15) is 18.3 Å². The van der Waals surface area contributed by atoms with Gasteiger partial charge in [-0.1, -0.05) is 18.2 Å². The van der Waals surface area contributed by atoms with Crippen LogP contribution < -0.4 is 5.32 Å². The summed E-state index contributed by atoms with van der Waals surface area (Å²) >= 11 is 0. The molecule has 2 N–H and O–H groups in total. The summed E-state index contributed by atoms with van der Waals surface area (Å²) in [4.78, 5) is 21.5. The number of aliphatic hydroxyl groups excluding tert-OH is 1. The maximum Gasteiger partial charge on any atom is 0.269 e. The molecule has 0 saturated carbocycles. The molecule has 1 aromatic carbocycles. The largest absolute Gasteiger partial charge is 0.396 e. The van der Waals surface area contributed by atoms with Crippen LogP contribution in [0.4, 0.5) is 0 Å². The lowest BCUT2D eigenvalue weighted by molar-refractivity contribution is 0.0951. The number of aliphatic hydroxyl groups is 1. The van der Waals surface area contributed by atoms with E-state index in [1.807, 2.05) is 43.3 Å². The maximum atomic E-state index is 12.9. The molecule has 1 atom stereocenters. The third kappa shape index (κ3) is 4.59. The third-order valence-corrected chi connectivity index (χ3v) is 7.82. The number of amides is 1. The summed E-state index contributed by atoms with van der Waals surface area (Å²) in [6.45, 7) is 3.85. The van der Waals surface area contributed by atoms with Gasteiger partial charge in [0.1, 0.15) is 5.69 Å². The summed E-state index contributed by atoms with van der Waals surface area (Å²) in [5.41, 5.74) is 4.98. The second-order valence-electron chi connectivity index (χ2n) is 8.08. The number of hydrogen-bond donors (Lipinski definition) is 2. The monoisotopic (exact) mass is 480 g/mol. The molecule has 0 saturated heterocycles. The van der Waals surface area contributed by atoms with Crippen LogP contribution in [0.15, 0.2) is 54.9 Å². The van der Waals surface area contributed by atoms with Crippen LogP contribution in [0.5, 0.6) is 0 Å². The molecule has 8 nitrogen and oxygen atoms in total. The van der Waals surface area contributed by atoms with Gasteiger partial charge in [0.05, 0.1) is 17.5 Å². The molecule has 0 bridgehead atoms. The van der Waals surface area contributed by atoms with Gasteiger partial charge in [-0.2, -0.15) is 4.31 Å². The number of sulfonamides is 1. The summed E-state index contributed by atoms with van der Waals surface area (Å²) in [5.74, 6) is -0.362.